The minimum atomic E-state index is -0.327. The third kappa shape index (κ3) is 3.33. The van der Waals surface area contributed by atoms with Crippen LogP contribution in [0.15, 0.2) is 15.9 Å². The lowest BCUT2D eigenvalue weighted by Gasteiger charge is -2.09. The van der Waals surface area contributed by atoms with Crippen molar-refractivity contribution in [3.8, 4) is 0 Å². The number of likely N-dealkylation sites (N-methyl/N-ethyl adjacent to an activating group) is 1. The number of thioether (sulfide) groups is 1. The van der Waals surface area contributed by atoms with Crippen LogP contribution in [-0.2, 0) is 4.79 Å². The number of carbonyl (C=O) groups excluding carboxylic acids is 1. The Morgan fingerprint density at radius 2 is 2.69 bits per heavy atom. The summed E-state index contributed by atoms with van der Waals surface area (Å²) in [6, 6.07) is -0.283. The van der Waals surface area contributed by atoms with Gasteiger partial charge < -0.3 is 11.1 Å². The Balaban J connectivity index is 2.36. The van der Waals surface area contributed by atoms with Gasteiger partial charge in [0.05, 0.1) is 6.04 Å². The molecule has 0 aliphatic carbocycles. The summed E-state index contributed by atoms with van der Waals surface area (Å²) in [4.78, 5) is 14.9. The fourth-order valence-corrected chi connectivity index (χ4v) is 2.52. The van der Waals surface area contributed by atoms with Crippen molar-refractivity contribution < 1.29 is 4.79 Å². The topological polar surface area (TPSA) is 68.0 Å². The van der Waals surface area contributed by atoms with Crippen molar-refractivity contribution in [1.82, 2.24) is 10.3 Å². The number of hydrogen-bond acceptors (Lipinski definition) is 5. The molecule has 1 aromatic heterocycles. The molecule has 1 atom stereocenters. The molecular formula is C7H11N3OS2. The average Bonchev–Trinajstić information content (AvgIpc) is 2.57. The van der Waals surface area contributed by atoms with E-state index in [4.69, 9.17) is 5.73 Å². The van der Waals surface area contributed by atoms with E-state index in [-0.39, 0.29) is 11.9 Å². The zero-order chi connectivity index (χ0) is 9.68. The molecule has 4 nitrogen and oxygen atoms in total. The molecule has 1 rings (SSSR count). The van der Waals surface area contributed by atoms with Crippen LogP contribution < -0.4 is 11.1 Å². The molecule has 0 saturated carbocycles. The number of amides is 1. The van der Waals surface area contributed by atoms with Crippen LogP contribution >= 0.6 is 23.1 Å². The van der Waals surface area contributed by atoms with Gasteiger partial charge in [0.25, 0.3) is 0 Å². The number of nitrogens with zero attached hydrogens (tertiary/aromatic N) is 1. The molecule has 72 valence electrons. The molecule has 1 unspecified atom stereocenters. The van der Waals surface area contributed by atoms with Crippen molar-refractivity contribution in [2.75, 3.05) is 12.8 Å². The van der Waals surface area contributed by atoms with E-state index < -0.39 is 0 Å². The molecule has 0 saturated heterocycles. The SMILES string of the molecule is CNC(CSc1nccs1)C(N)=O. The van der Waals surface area contributed by atoms with Crippen molar-refractivity contribution in [1.29, 1.82) is 0 Å². The Morgan fingerprint density at radius 1 is 1.92 bits per heavy atom. The van der Waals surface area contributed by atoms with Crippen LogP contribution in [0.3, 0.4) is 0 Å². The standard InChI is InChI=1S/C7H11N3OS2/c1-9-5(6(8)11)4-13-7-10-2-3-12-7/h2-3,5,9H,4H2,1H3,(H2,8,11). The highest BCUT2D eigenvalue weighted by Crippen LogP contribution is 2.20. The number of primary amides is 1. The Labute approximate surface area is 84.9 Å². The van der Waals surface area contributed by atoms with Crippen LogP contribution in [0, 0.1) is 0 Å². The van der Waals surface area contributed by atoms with Crippen LogP contribution in [0.5, 0.6) is 0 Å². The van der Waals surface area contributed by atoms with Crippen LogP contribution in [0.1, 0.15) is 0 Å². The van der Waals surface area contributed by atoms with Gasteiger partial charge in [-0.1, -0.05) is 11.8 Å². The number of rotatable bonds is 5. The van der Waals surface area contributed by atoms with E-state index in [9.17, 15) is 4.79 Å². The number of nitrogens with two attached hydrogens (primary N) is 1. The minimum Gasteiger partial charge on any atom is -0.368 e. The normalized spacial score (nSPS) is 12.7. The van der Waals surface area contributed by atoms with Gasteiger partial charge in [-0.15, -0.1) is 11.3 Å². The lowest BCUT2D eigenvalue weighted by atomic mass is 10.3. The van der Waals surface area contributed by atoms with Gasteiger partial charge in [-0.25, -0.2) is 4.98 Å². The summed E-state index contributed by atoms with van der Waals surface area (Å²) in [6.07, 6.45) is 1.74. The highest BCUT2D eigenvalue weighted by Gasteiger charge is 2.13. The minimum absolute atomic E-state index is 0.283. The fraction of sp³-hybridized carbons (Fsp3) is 0.429. The third-order valence-corrected chi connectivity index (χ3v) is 3.53. The van der Waals surface area contributed by atoms with Gasteiger partial charge in [-0.2, -0.15) is 0 Å². The van der Waals surface area contributed by atoms with Crippen LogP contribution in [0.4, 0.5) is 0 Å². The molecule has 0 aliphatic rings. The maximum atomic E-state index is 10.8. The Kier molecular flexibility index (Phi) is 4.20. The van der Waals surface area contributed by atoms with Gasteiger partial charge in [-0.05, 0) is 7.05 Å². The molecule has 3 N–H and O–H groups in total. The van der Waals surface area contributed by atoms with Crippen molar-refractivity contribution in [2.45, 2.75) is 10.4 Å². The number of thiazole rings is 1. The molecule has 1 aromatic rings. The van der Waals surface area contributed by atoms with E-state index in [1.54, 1.807) is 24.6 Å². The van der Waals surface area contributed by atoms with Gasteiger partial charge in [0.15, 0.2) is 0 Å². The molecule has 1 amide bonds. The Morgan fingerprint density at radius 3 is 3.15 bits per heavy atom. The van der Waals surface area contributed by atoms with Crippen molar-refractivity contribution in [3.05, 3.63) is 11.6 Å². The van der Waals surface area contributed by atoms with Crippen LogP contribution in [0.25, 0.3) is 0 Å². The predicted octanol–water partition coefficient (Wildman–Crippen LogP) is 0.309. The van der Waals surface area contributed by atoms with Crippen LogP contribution in [-0.4, -0.2) is 29.7 Å². The second-order valence-corrected chi connectivity index (χ2v) is 4.51. The Bertz CT molecular complexity index is 263. The first-order valence-corrected chi connectivity index (χ1v) is 5.59. The quantitative estimate of drug-likeness (QED) is 0.696. The largest absolute Gasteiger partial charge is 0.368 e. The molecule has 0 aliphatic heterocycles. The molecular weight excluding hydrogens is 206 g/mol. The van der Waals surface area contributed by atoms with Gasteiger partial charge in [0.2, 0.25) is 5.91 Å². The molecule has 0 bridgehead atoms. The second kappa shape index (κ2) is 5.21. The predicted molar refractivity (Wildman–Crippen MR) is 54.9 cm³/mol. The van der Waals surface area contributed by atoms with Gasteiger partial charge in [-0.3, -0.25) is 4.79 Å². The monoisotopic (exact) mass is 217 g/mol. The summed E-state index contributed by atoms with van der Waals surface area (Å²) in [5.41, 5.74) is 5.15. The zero-order valence-electron chi connectivity index (χ0n) is 7.19. The average molecular weight is 217 g/mol. The molecule has 0 spiro atoms. The van der Waals surface area contributed by atoms with Crippen molar-refractivity contribution in [2.24, 2.45) is 5.73 Å². The van der Waals surface area contributed by atoms with E-state index >= 15 is 0 Å². The van der Waals surface area contributed by atoms with E-state index in [1.807, 2.05) is 5.38 Å². The van der Waals surface area contributed by atoms with E-state index in [2.05, 4.69) is 10.3 Å². The summed E-state index contributed by atoms with van der Waals surface area (Å²) in [7, 11) is 1.72. The highest BCUT2D eigenvalue weighted by atomic mass is 32.2. The molecule has 13 heavy (non-hydrogen) atoms. The summed E-state index contributed by atoms with van der Waals surface area (Å²) in [6.45, 7) is 0. The number of carbonyl (C=O) groups is 1. The Hall–Kier alpha value is -0.590. The summed E-state index contributed by atoms with van der Waals surface area (Å²) in [5.74, 6) is 0.297. The fourth-order valence-electron chi connectivity index (χ4n) is 0.744. The van der Waals surface area contributed by atoms with Gasteiger partial charge in [0, 0.05) is 17.3 Å². The summed E-state index contributed by atoms with van der Waals surface area (Å²) >= 11 is 3.09. The molecule has 0 radical (unpaired) electrons. The molecule has 0 fully saturated rings. The second-order valence-electron chi connectivity index (χ2n) is 2.35. The summed E-state index contributed by atoms with van der Waals surface area (Å²) < 4.78 is 0.960. The van der Waals surface area contributed by atoms with Crippen molar-refractivity contribution >= 4 is 29.0 Å². The van der Waals surface area contributed by atoms with Gasteiger partial charge in [0.1, 0.15) is 4.34 Å². The van der Waals surface area contributed by atoms with Gasteiger partial charge >= 0.3 is 0 Å². The third-order valence-electron chi connectivity index (χ3n) is 1.48. The summed E-state index contributed by atoms with van der Waals surface area (Å²) in [5, 5.41) is 4.75. The lowest BCUT2D eigenvalue weighted by molar-refractivity contribution is -0.119. The van der Waals surface area contributed by atoms with Crippen LogP contribution in [0.2, 0.25) is 0 Å². The van der Waals surface area contributed by atoms with E-state index in [0.29, 0.717) is 5.75 Å². The first kappa shape index (κ1) is 10.5. The number of nitrogens with one attached hydrogen (secondary N) is 1. The molecule has 1 heterocycles. The maximum absolute atomic E-state index is 10.8. The first-order valence-electron chi connectivity index (χ1n) is 3.73. The number of hydrogen-bond donors (Lipinski definition) is 2. The highest BCUT2D eigenvalue weighted by molar-refractivity contribution is 8.01. The van der Waals surface area contributed by atoms with E-state index in [0.717, 1.165) is 4.34 Å². The number of aromatic nitrogens is 1. The first-order chi connectivity index (χ1) is 6.24. The van der Waals surface area contributed by atoms with Crippen molar-refractivity contribution in [3.63, 3.8) is 0 Å². The molecule has 6 heteroatoms. The zero-order valence-corrected chi connectivity index (χ0v) is 8.82. The van der Waals surface area contributed by atoms with E-state index in [1.165, 1.54) is 11.8 Å². The smallest absolute Gasteiger partial charge is 0.235 e. The molecule has 0 aromatic carbocycles. The lowest BCUT2D eigenvalue weighted by Crippen LogP contribution is -2.40. The maximum Gasteiger partial charge on any atom is 0.235 e.